The predicted molar refractivity (Wildman–Crippen MR) is 171 cm³/mol. The molecule has 3 N–H and O–H groups in total. The molecule has 1 aliphatic heterocycles. The molecular weight excluding hydrogens is 555 g/mol. The Hall–Kier alpha value is -3.08. The van der Waals surface area contributed by atoms with Crippen LogP contribution < -0.4 is 10.6 Å². The van der Waals surface area contributed by atoms with Crippen LogP contribution in [0.2, 0.25) is 0 Å². The van der Waals surface area contributed by atoms with Gasteiger partial charge in [0.05, 0.1) is 35.1 Å². The van der Waals surface area contributed by atoms with Crippen LogP contribution in [0.1, 0.15) is 82.3 Å². The number of azo groups is 1. The number of nitrogens with zero attached hydrogens (tertiary/aromatic N) is 2. The molecule has 4 fully saturated rings. The molecule has 9 nitrogen and oxygen atoms in total. The first kappa shape index (κ1) is 32.3. The van der Waals surface area contributed by atoms with Gasteiger partial charge in [-0.3, -0.25) is 9.59 Å². The fourth-order valence-corrected chi connectivity index (χ4v) is 7.55. The maximum Gasteiger partial charge on any atom is 0.481 e. The molecule has 0 aromatic heterocycles. The number of nitrogens with one attached hydrogen (secondary N) is 2. The largest absolute Gasteiger partial charge is 0.481 e. The predicted octanol–water partition coefficient (Wildman–Crippen LogP) is 6.00. The average Bonchev–Trinajstić information content (AvgIpc) is 3.30. The number of hydrogen-bond acceptors (Lipinski definition) is 7. The Kier molecular flexibility index (Phi) is 9.09. The van der Waals surface area contributed by atoms with Crippen LogP contribution in [-0.4, -0.2) is 53.8 Å². The third-order valence-electron chi connectivity index (χ3n) is 10.00. The van der Waals surface area contributed by atoms with Gasteiger partial charge in [0, 0.05) is 5.56 Å². The number of rotatable bonds is 10. The van der Waals surface area contributed by atoms with E-state index < -0.39 is 42.6 Å². The van der Waals surface area contributed by atoms with E-state index in [2.05, 4.69) is 61.5 Å². The molecule has 0 radical (unpaired) electrons. The lowest BCUT2D eigenvalue weighted by Crippen LogP contribution is -2.65. The minimum Gasteiger partial charge on any atom is -0.404 e. The van der Waals surface area contributed by atoms with Gasteiger partial charge >= 0.3 is 7.12 Å². The molecule has 2 bridgehead atoms. The van der Waals surface area contributed by atoms with Crippen molar-refractivity contribution in [2.24, 2.45) is 33.4 Å². The number of carbonyl (C=O) groups excluding carboxylic acids is 2. The van der Waals surface area contributed by atoms with Gasteiger partial charge < -0.3 is 25.0 Å². The Bertz CT molecular complexity index is 1410. The first-order chi connectivity index (χ1) is 20.7. The second-order valence-corrected chi connectivity index (χ2v) is 14.4. The molecule has 1 saturated heterocycles. The van der Waals surface area contributed by atoms with Crippen molar-refractivity contribution in [1.82, 2.24) is 10.6 Å². The van der Waals surface area contributed by atoms with Gasteiger partial charge in [-0.1, -0.05) is 39.8 Å². The van der Waals surface area contributed by atoms with Gasteiger partial charge in [-0.15, -0.1) is 0 Å². The first-order valence-corrected chi connectivity index (χ1v) is 15.9. The van der Waals surface area contributed by atoms with Crippen molar-refractivity contribution in [3.05, 3.63) is 59.2 Å². The Morgan fingerprint density at radius 1 is 1.00 bits per heavy atom. The molecule has 44 heavy (non-hydrogen) atoms. The molecule has 1 unspecified atom stereocenters. The SMILES string of the molecule is Cc1cc(C)cc(N=Nc2cccc(C(=O)N[C@H](C(=O)N[C@@H](CC(C)C)B3OC4C[C@@H]5C[C@@H](C5(C)C)[C@]4(C)O3)[C@@H](C)O)c2)c1. The summed E-state index contributed by atoms with van der Waals surface area (Å²) in [6.07, 6.45) is 1.58. The van der Waals surface area contributed by atoms with E-state index in [0.717, 1.165) is 29.7 Å². The number of aliphatic hydroxyl groups is 1. The Morgan fingerprint density at radius 3 is 2.32 bits per heavy atom. The summed E-state index contributed by atoms with van der Waals surface area (Å²) in [5, 5.41) is 25.0. The fraction of sp³-hybridized carbons (Fsp3) is 0.588. The average molecular weight is 603 g/mol. The van der Waals surface area contributed by atoms with E-state index in [1.807, 2.05) is 26.0 Å². The van der Waals surface area contributed by atoms with E-state index in [9.17, 15) is 14.7 Å². The Balaban J connectivity index is 1.27. The summed E-state index contributed by atoms with van der Waals surface area (Å²) in [6, 6.07) is 11.5. The molecule has 6 rings (SSSR count). The van der Waals surface area contributed by atoms with Gasteiger partial charge in [0.25, 0.3) is 5.91 Å². The number of aliphatic hydroxyl groups excluding tert-OH is 1. The standard InChI is InChI=1S/C34H47BN4O5/c1-19(2)12-29(35-43-28-18-24-17-27(33(24,6)7)34(28,8)44-35)36-32(42)30(22(5)40)37-31(41)23-10-9-11-25(16-23)38-39-26-14-20(3)13-21(4)15-26/h9-11,13-16,19,22,24,27-30,40H,12,17-18H2,1-8H3,(H,36,42)(H,37,41)/t22-,24+,27+,28?,29+,30+,34+/m1/s1. The summed E-state index contributed by atoms with van der Waals surface area (Å²) in [5.41, 5.74) is 3.51. The molecule has 7 atom stereocenters. The van der Waals surface area contributed by atoms with Gasteiger partial charge in [0.1, 0.15) is 6.04 Å². The van der Waals surface area contributed by atoms with E-state index in [4.69, 9.17) is 9.31 Å². The van der Waals surface area contributed by atoms with Crippen LogP contribution in [-0.2, 0) is 14.1 Å². The van der Waals surface area contributed by atoms with Crippen LogP contribution in [0.5, 0.6) is 0 Å². The van der Waals surface area contributed by atoms with E-state index in [-0.39, 0.29) is 17.4 Å². The topological polar surface area (TPSA) is 122 Å². The minimum atomic E-state index is -1.18. The minimum absolute atomic E-state index is 0.0116. The van der Waals surface area contributed by atoms with Gasteiger partial charge in [-0.2, -0.15) is 10.2 Å². The molecule has 1 heterocycles. The smallest absolute Gasteiger partial charge is 0.404 e. The Morgan fingerprint density at radius 2 is 1.68 bits per heavy atom. The number of amides is 2. The third-order valence-corrected chi connectivity index (χ3v) is 10.00. The molecule has 236 valence electrons. The highest BCUT2D eigenvalue weighted by molar-refractivity contribution is 6.48. The first-order valence-electron chi connectivity index (χ1n) is 15.9. The van der Waals surface area contributed by atoms with Crippen LogP contribution in [0.15, 0.2) is 52.7 Å². The lowest BCUT2D eigenvalue weighted by atomic mass is 9.43. The van der Waals surface area contributed by atoms with Gasteiger partial charge in [0.15, 0.2) is 0 Å². The zero-order valence-electron chi connectivity index (χ0n) is 27.3. The van der Waals surface area contributed by atoms with Crippen LogP contribution >= 0.6 is 0 Å². The summed E-state index contributed by atoms with van der Waals surface area (Å²) in [5.74, 6) is -0.136. The molecule has 4 aliphatic rings. The lowest BCUT2D eigenvalue weighted by Gasteiger charge is -2.64. The zero-order chi connectivity index (χ0) is 32.0. The fourth-order valence-electron chi connectivity index (χ4n) is 7.55. The highest BCUT2D eigenvalue weighted by atomic mass is 16.7. The van der Waals surface area contributed by atoms with Gasteiger partial charge in [-0.25, -0.2) is 0 Å². The summed E-state index contributed by atoms with van der Waals surface area (Å²) in [4.78, 5) is 26.9. The summed E-state index contributed by atoms with van der Waals surface area (Å²) < 4.78 is 13.2. The molecule has 0 spiro atoms. The molecule has 2 aromatic rings. The number of hydrogen-bond donors (Lipinski definition) is 3. The molecule has 2 aromatic carbocycles. The monoisotopic (exact) mass is 602 g/mol. The molecular formula is C34H47BN4O5. The van der Waals surface area contributed by atoms with Crippen molar-refractivity contribution in [3.63, 3.8) is 0 Å². The summed E-state index contributed by atoms with van der Waals surface area (Å²) in [7, 11) is -0.601. The maximum absolute atomic E-state index is 13.6. The second-order valence-electron chi connectivity index (χ2n) is 14.4. The van der Waals surface area contributed by atoms with Crippen LogP contribution in [0.4, 0.5) is 11.4 Å². The van der Waals surface area contributed by atoms with Crippen molar-refractivity contribution in [1.29, 1.82) is 0 Å². The van der Waals surface area contributed by atoms with Crippen LogP contribution in [0.25, 0.3) is 0 Å². The van der Waals surface area contributed by atoms with Crippen molar-refractivity contribution in [2.75, 3.05) is 0 Å². The Labute approximate surface area is 261 Å². The highest BCUT2D eigenvalue weighted by Crippen LogP contribution is 2.65. The summed E-state index contributed by atoms with van der Waals surface area (Å²) in [6.45, 7) is 16.4. The second kappa shape index (κ2) is 12.4. The zero-order valence-corrected chi connectivity index (χ0v) is 27.3. The van der Waals surface area contributed by atoms with Crippen molar-refractivity contribution in [2.45, 2.75) is 104 Å². The number of aryl methyl sites for hydroxylation is 2. The van der Waals surface area contributed by atoms with E-state index in [0.29, 0.717) is 29.5 Å². The van der Waals surface area contributed by atoms with Crippen molar-refractivity contribution >= 4 is 30.3 Å². The van der Waals surface area contributed by atoms with E-state index in [1.54, 1.807) is 24.3 Å². The van der Waals surface area contributed by atoms with Gasteiger partial charge in [0.2, 0.25) is 5.91 Å². The van der Waals surface area contributed by atoms with Gasteiger partial charge in [-0.05, 0) is 112 Å². The van der Waals surface area contributed by atoms with Crippen LogP contribution in [0.3, 0.4) is 0 Å². The lowest BCUT2D eigenvalue weighted by molar-refractivity contribution is -0.199. The third kappa shape index (κ3) is 6.48. The van der Waals surface area contributed by atoms with Crippen LogP contribution in [0, 0.1) is 37.0 Å². The quantitative estimate of drug-likeness (QED) is 0.228. The number of benzene rings is 2. The molecule has 3 saturated carbocycles. The highest BCUT2D eigenvalue weighted by Gasteiger charge is 2.68. The molecule has 2 amide bonds. The summed E-state index contributed by atoms with van der Waals surface area (Å²) >= 11 is 0. The van der Waals surface area contributed by atoms with Crippen molar-refractivity contribution in [3.8, 4) is 0 Å². The molecule has 10 heteroatoms. The molecule has 3 aliphatic carbocycles. The van der Waals surface area contributed by atoms with Crippen molar-refractivity contribution < 1.29 is 24.0 Å². The normalized spacial score (nSPS) is 27.4. The number of carbonyl (C=O) groups is 2. The van der Waals surface area contributed by atoms with E-state index in [1.165, 1.54) is 6.92 Å². The van der Waals surface area contributed by atoms with E-state index >= 15 is 0 Å². The maximum atomic E-state index is 13.6.